The minimum absolute atomic E-state index is 0.0337. The molecule has 0 aromatic heterocycles. The van der Waals surface area contributed by atoms with E-state index in [2.05, 4.69) is 13.8 Å². The van der Waals surface area contributed by atoms with Gasteiger partial charge in [0.2, 0.25) is 0 Å². The van der Waals surface area contributed by atoms with E-state index in [1.807, 2.05) is 0 Å². The monoisotopic (exact) mass is 390 g/mol. The Labute approximate surface area is 167 Å². The zero-order valence-electron chi connectivity index (χ0n) is 17.7. The van der Waals surface area contributed by atoms with Gasteiger partial charge in [0.15, 0.2) is 0 Å². The van der Waals surface area contributed by atoms with Gasteiger partial charge in [-0.25, -0.2) is 0 Å². The van der Waals surface area contributed by atoms with Crippen LogP contribution in [0.25, 0.3) is 0 Å². The molecule has 156 valence electrons. The molecule has 0 unspecified atom stereocenters. The van der Waals surface area contributed by atoms with Gasteiger partial charge in [-0.15, -0.1) is 0 Å². The molecule has 0 amide bonds. The van der Waals surface area contributed by atoms with Crippen LogP contribution in [0.2, 0.25) is 0 Å². The number of hydrogen-bond donors (Lipinski definition) is 0. The number of ketones is 1. The third-order valence-electron chi connectivity index (χ3n) is 8.98. The van der Waals surface area contributed by atoms with Crippen LogP contribution < -0.4 is 0 Å². The van der Waals surface area contributed by atoms with E-state index in [0.717, 1.165) is 44.9 Å². The Morgan fingerprint density at radius 1 is 0.893 bits per heavy atom. The zero-order valence-corrected chi connectivity index (χ0v) is 17.7. The molecule has 0 saturated heterocycles. The Morgan fingerprint density at radius 3 is 2.21 bits per heavy atom. The van der Waals surface area contributed by atoms with Gasteiger partial charge in [-0.05, 0) is 68.1 Å². The summed E-state index contributed by atoms with van der Waals surface area (Å²) in [5.74, 6) is 1.12. The Morgan fingerprint density at radius 2 is 1.54 bits per heavy atom. The van der Waals surface area contributed by atoms with Gasteiger partial charge in [-0.1, -0.05) is 13.8 Å². The van der Waals surface area contributed by atoms with Gasteiger partial charge in [-0.3, -0.25) is 14.4 Å². The number of hydrogen-bond acceptors (Lipinski definition) is 5. The van der Waals surface area contributed by atoms with Crippen LogP contribution in [-0.2, 0) is 23.9 Å². The van der Waals surface area contributed by atoms with Gasteiger partial charge in [0.05, 0.1) is 0 Å². The average Bonchev–Trinajstić information content (AvgIpc) is 2.92. The number of carbonyl (C=O) groups excluding carboxylic acids is 3. The lowest BCUT2D eigenvalue weighted by molar-refractivity contribution is -0.173. The maximum absolute atomic E-state index is 13.4. The molecule has 4 aliphatic carbocycles. The summed E-state index contributed by atoms with van der Waals surface area (Å²) in [5, 5.41) is 0. The van der Waals surface area contributed by atoms with Crippen LogP contribution in [0, 0.1) is 34.5 Å². The highest BCUT2D eigenvalue weighted by molar-refractivity contribution is 5.83. The average molecular weight is 391 g/mol. The first-order valence-electron chi connectivity index (χ1n) is 11.0. The van der Waals surface area contributed by atoms with E-state index in [1.54, 1.807) is 0 Å². The molecule has 28 heavy (non-hydrogen) atoms. The molecule has 4 aliphatic rings. The third-order valence-corrected chi connectivity index (χ3v) is 8.98. The highest BCUT2D eigenvalue weighted by Gasteiger charge is 2.63. The van der Waals surface area contributed by atoms with E-state index < -0.39 is 0 Å². The van der Waals surface area contributed by atoms with Crippen LogP contribution >= 0.6 is 0 Å². The highest BCUT2D eigenvalue weighted by atomic mass is 16.5. The summed E-state index contributed by atoms with van der Waals surface area (Å²) < 4.78 is 11.2. The lowest BCUT2D eigenvalue weighted by Crippen LogP contribution is -2.58. The normalized spacial score (nSPS) is 47.5. The second kappa shape index (κ2) is 6.84. The van der Waals surface area contributed by atoms with Crippen molar-refractivity contribution in [2.75, 3.05) is 0 Å². The van der Waals surface area contributed by atoms with Crippen LogP contribution in [0.5, 0.6) is 0 Å². The highest BCUT2D eigenvalue weighted by Crippen LogP contribution is 2.65. The maximum Gasteiger partial charge on any atom is 0.302 e. The molecule has 8 atom stereocenters. The van der Waals surface area contributed by atoms with Crippen molar-refractivity contribution in [1.29, 1.82) is 0 Å². The predicted octanol–water partition coefficient (Wildman–Crippen LogP) is 4.07. The number of ether oxygens (including phenoxy) is 2. The quantitative estimate of drug-likeness (QED) is 0.665. The summed E-state index contributed by atoms with van der Waals surface area (Å²) in [6, 6.07) is 0. The van der Waals surface area contributed by atoms with Gasteiger partial charge in [0.1, 0.15) is 18.0 Å². The summed E-state index contributed by atoms with van der Waals surface area (Å²) in [6.07, 6.45) is 7.21. The smallest absolute Gasteiger partial charge is 0.302 e. The molecule has 0 aromatic carbocycles. The van der Waals surface area contributed by atoms with Crippen molar-refractivity contribution in [3.63, 3.8) is 0 Å². The standard InChI is InChI=1S/C23H34O5/c1-13(24)27-16-7-9-22(3)15(11-16)12-19(26)21-17-5-6-20(28-14(2)25)23(17,4)10-8-18(21)22/h15-18,20-21H,5-12H2,1-4H3/t15-,16-,17+,18+,20+,21+,22+,23+/m1/s1. The first-order valence-corrected chi connectivity index (χ1v) is 11.0. The Hall–Kier alpha value is -1.39. The lowest BCUT2D eigenvalue weighted by atomic mass is 9.45. The van der Waals surface area contributed by atoms with Gasteiger partial charge in [0.25, 0.3) is 0 Å². The minimum atomic E-state index is -0.218. The van der Waals surface area contributed by atoms with Gasteiger partial charge in [-0.2, -0.15) is 0 Å². The molecule has 4 saturated carbocycles. The topological polar surface area (TPSA) is 69.7 Å². The number of rotatable bonds is 2. The lowest BCUT2D eigenvalue weighted by Gasteiger charge is -2.59. The fraction of sp³-hybridized carbons (Fsp3) is 0.870. The van der Waals surface area contributed by atoms with E-state index >= 15 is 0 Å². The number of esters is 2. The first-order chi connectivity index (χ1) is 13.1. The van der Waals surface area contributed by atoms with Crippen molar-refractivity contribution in [2.24, 2.45) is 34.5 Å². The molecule has 0 heterocycles. The minimum Gasteiger partial charge on any atom is -0.463 e. The summed E-state index contributed by atoms with van der Waals surface area (Å²) in [6.45, 7) is 7.58. The predicted molar refractivity (Wildman–Crippen MR) is 103 cm³/mol. The van der Waals surface area contributed by atoms with Crippen LogP contribution in [-0.4, -0.2) is 29.9 Å². The molecule has 0 aromatic rings. The van der Waals surface area contributed by atoms with E-state index in [0.29, 0.717) is 30.0 Å². The summed E-state index contributed by atoms with van der Waals surface area (Å²) in [7, 11) is 0. The largest absolute Gasteiger partial charge is 0.463 e. The second-order valence-electron chi connectivity index (χ2n) is 10.3. The van der Waals surface area contributed by atoms with E-state index in [1.165, 1.54) is 13.8 Å². The van der Waals surface area contributed by atoms with Crippen molar-refractivity contribution >= 4 is 17.7 Å². The third kappa shape index (κ3) is 3.00. The summed E-state index contributed by atoms with van der Waals surface area (Å²) >= 11 is 0. The van der Waals surface area contributed by atoms with Crippen LogP contribution in [0.4, 0.5) is 0 Å². The molecule has 0 aliphatic heterocycles. The Balaban J connectivity index is 1.57. The fourth-order valence-corrected chi connectivity index (χ4v) is 7.58. The zero-order chi connectivity index (χ0) is 20.3. The van der Waals surface area contributed by atoms with E-state index in [9.17, 15) is 14.4 Å². The van der Waals surface area contributed by atoms with Crippen molar-refractivity contribution in [3.8, 4) is 0 Å². The van der Waals surface area contributed by atoms with Crippen molar-refractivity contribution in [2.45, 2.75) is 91.3 Å². The van der Waals surface area contributed by atoms with Crippen molar-refractivity contribution in [1.82, 2.24) is 0 Å². The second-order valence-corrected chi connectivity index (χ2v) is 10.3. The van der Waals surface area contributed by atoms with Crippen LogP contribution in [0.1, 0.15) is 79.1 Å². The van der Waals surface area contributed by atoms with E-state index in [4.69, 9.17) is 9.47 Å². The molecule has 0 spiro atoms. The Kier molecular flexibility index (Phi) is 4.86. The molecule has 0 radical (unpaired) electrons. The number of fused-ring (bicyclic) bond motifs is 5. The molecule has 5 heteroatoms. The van der Waals surface area contributed by atoms with Crippen molar-refractivity contribution < 1.29 is 23.9 Å². The summed E-state index contributed by atoms with van der Waals surface area (Å²) in [5.41, 5.74) is 0.0801. The molecule has 0 N–H and O–H groups in total. The summed E-state index contributed by atoms with van der Waals surface area (Å²) in [4.78, 5) is 36.3. The SMILES string of the molecule is CC(=O)O[C@@H]1CC[C@@]2(C)[C@@H](CC(=O)[C@@H]3[C@@H]2CC[C@]2(C)[C@@H](OC(C)=O)CC[C@@H]32)C1. The molecule has 5 nitrogen and oxygen atoms in total. The molecule has 0 bridgehead atoms. The van der Waals surface area contributed by atoms with Crippen molar-refractivity contribution in [3.05, 3.63) is 0 Å². The fourth-order valence-electron chi connectivity index (χ4n) is 7.58. The molecular weight excluding hydrogens is 356 g/mol. The first kappa shape index (κ1) is 19.9. The van der Waals surface area contributed by atoms with Gasteiger partial charge < -0.3 is 9.47 Å². The maximum atomic E-state index is 13.4. The molecule has 4 fully saturated rings. The number of carbonyl (C=O) groups is 3. The van der Waals surface area contributed by atoms with Gasteiger partial charge >= 0.3 is 11.9 Å². The van der Waals surface area contributed by atoms with Crippen LogP contribution in [0.15, 0.2) is 0 Å². The Bertz CT molecular complexity index is 686. The van der Waals surface area contributed by atoms with E-state index in [-0.39, 0.29) is 40.9 Å². The molecular formula is C23H34O5. The number of Topliss-reactive ketones (excluding diaryl/α,β-unsaturated/α-hetero) is 1. The molecule has 4 rings (SSSR count). The van der Waals surface area contributed by atoms with Crippen LogP contribution in [0.3, 0.4) is 0 Å². The van der Waals surface area contributed by atoms with Gasteiger partial charge in [0, 0.05) is 31.6 Å².